The number of nitrogens with two attached hydrogens (primary N) is 1. The van der Waals surface area contributed by atoms with Crippen LogP contribution in [0.2, 0.25) is 0 Å². The average Bonchev–Trinajstić information content (AvgIpc) is 2.09. The van der Waals surface area contributed by atoms with Crippen LogP contribution in [0.15, 0.2) is 0 Å². The van der Waals surface area contributed by atoms with Gasteiger partial charge in [-0.3, -0.25) is 4.79 Å². The number of carbonyl (C=O) groups is 2. The van der Waals surface area contributed by atoms with E-state index in [1.165, 1.54) is 0 Å². The molecule has 0 unspecified atom stereocenters. The number of rotatable bonds is 2. The number of aldehydes is 1. The van der Waals surface area contributed by atoms with E-state index in [1.54, 1.807) is 0 Å². The fourth-order valence-corrected chi connectivity index (χ4v) is 1.47. The van der Waals surface area contributed by atoms with Gasteiger partial charge >= 0.3 is 6.09 Å². The van der Waals surface area contributed by atoms with Crippen molar-refractivity contribution in [1.82, 2.24) is 0 Å². The van der Waals surface area contributed by atoms with Gasteiger partial charge in [0.05, 0.1) is 0 Å². The van der Waals surface area contributed by atoms with E-state index in [-0.39, 0.29) is 18.9 Å². The molecule has 0 aromatic carbocycles. The van der Waals surface area contributed by atoms with E-state index in [9.17, 15) is 14.0 Å². The van der Waals surface area contributed by atoms with Crippen molar-refractivity contribution >= 4 is 12.4 Å². The molecule has 1 amide bonds. The van der Waals surface area contributed by atoms with Gasteiger partial charge in [0, 0.05) is 0 Å². The molecule has 0 radical (unpaired) electrons. The van der Waals surface area contributed by atoms with Gasteiger partial charge in [-0.15, -0.1) is 0 Å². The second kappa shape index (κ2) is 3.72. The summed E-state index contributed by atoms with van der Waals surface area (Å²) in [5, 5.41) is 0. The summed E-state index contributed by atoms with van der Waals surface area (Å²) in [7, 11) is 0. The maximum atomic E-state index is 13.3. The number of hydrogen-bond donors (Lipinski definition) is 1. The fraction of sp³-hybridized carbons (Fsp3) is 0.750. The highest BCUT2D eigenvalue weighted by Gasteiger charge is 2.36. The van der Waals surface area contributed by atoms with Gasteiger partial charge in [0.2, 0.25) is 0 Å². The molecule has 2 N–H and O–H groups in total. The van der Waals surface area contributed by atoms with E-state index < -0.39 is 11.8 Å². The molecule has 0 bridgehead atoms. The summed E-state index contributed by atoms with van der Waals surface area (Å²) in [4.78, 5) is 20.6. The molecule has 0 heterocycles. The smallest absolute Gasteiger partial charge is 0.404 e. The lowest BCUT2D eigenvalue weighted by molar-refractivity contribution is -0.121. The largest absolute Gasteiger partial charge is 0.446 e. The molecule has 0 aliphatic heterocycles. The molecule has 1 fully saturated rings. The van der Waals surface area contributed by atoms with Gasteiger partial charge in [0.15, 0.2) is 12.0 Å². The lowest BCUT2D eigenvalue weighted by Crippen LogP contribution is -2.35. The first-order valence-electron chi connectivity index (χ1n) is 4.17. The molecular formula is C8H12FNO3. The van der Waals surface area contributed by atoms with E-state index in [1.807, 2.05) is 0 Å². The summed E-state index contributed by atoms with van der Waals surface area (Å²) in [6.07, 6.45) is 0.0796. The van der Waals surface area contributed by atoms with Crippen molar-refractivity contribution < 1.29 is 18.7 Å². The molecule has 4 nitrogen and oxygen atoms in total. The van der Waals surface area contributed by atoms with Crippen LogP contribution in [0, 0.1) is 0 Å². The van der Waals surface area contributed by atoms with Gasteiger partial charge in [-0.2, -0.15) is 0 Å². The highest BCUT2D eigenvalue weighted by molar-refractivity contribution is 5.65. The fourth-order valence-electron chi connectivity index (χ4n) is 1.47. The molecule has 13 heavy (non-hydrogen) atoms. The van der Waals surface area contributed by atoms with Crippen LogP contribution in [-0.4, -0.2) is 24.2 Å². The Bertz CT molecular complexity index is 211. The number of halogens is 1. The Hall–Kier alpha value is -1.13. The second-order valence-electron chi connectivity index (χ2n) is 3.29. The SMILES string of the molecule is NC(=O)OC1CCC(F)(C=O)CC1. The Kier molecular flexibility index (Phi) is 2.85. The lowest BCUT2D eigenvalue weighted by atomic mass is 9.86. The van der Waals surface area contributed by atoms with E-state index in [0.29, 0.717) is 19.1 Å². The van der Waals surface area contributed by atoms with Crippen molar-refractivity contribution in [2.75, 3.05) is 0 Å². The lowest BCUT2D eigenvalue weighted by Gasteiger charge is -2.29. The molecule has 0 atom stereocenters. The number of amides is 1. The molecule has 1 aliphatic carbocycles. The zero-order valence-corrected chi connectivity index (χ0v) is 7.16. The molecule has 0 spiro atoms. The predicted molar refractivity (Wildman–Crippen MR) is 42.8 cm³/mol. The predicted octanol–water partition coefficient (Wildman–Crippen LogP) is 0.931. The van der Waals surface area contributed by atoms with Crippen LogP contribution in [0.5, 0.6) is 0 Å². The Morgan fingerprint density at radius 1 is 1.54 bits per heavy atom. The summed E-state index contributed by atoms with van der Waals surface area (Å²) in [5.41, 5.74) is 3.07. The summed E-state index contributed by atoms with van der Waals surface area (Å²) < 4.78 is 18.0. The molecule has 0 saturated heterocycles. The number of primary amides is 1. The zero-order chi connectivity index (χ0) is 9.90. The van der Waals surface area contributed by atoms with Gasteiger partial charge < -0.3 is 10.5 Å². The summed E-state index contributed by atoms with van der Waals surface area (Å²) in [6, 6.07) is 0. The molecule has 0 aromatic heterocycles. The van der Waals surface area contributed by atoms with Crippen LogP contribution >= 0.6 is 0 Å². The van der Waals surface area contributed by atoms with Crippen LogP contribution in [0.4, 0.5) is 9.18 Å². The minimum atomic E-state index is -1.72. The third-order valence-corrected chi connectivity index (χ3v) is 2.26. The van der Waals surface area contributed by atoms with Crippen molar-refractivity contribution in [1.29, 1.82) is 0 Å². The maximum absolute atomic E-state index is 13.3. The van der Waals surface area contributed by atoms with Crippen LogP contribution in [0.3, 0.4) is 0 Å². The minimum absolute atomic E-state index is 0.106. The van der Waals surface area contributed by atoms with Crippen LogP contribution in [0.1, 0.15) is 25.7 Å². The summed E-state index contributed by atoms with van der Waals surface area (Å²) in [5.74, 6) is 0. The van der Waals surface area contributed by atoms with E-state index in [4.69, 9.17) is 5.73 Å². The number of alkyl halides is 1. The summed E-state index contributed by atoms with van der Waals surface area (Å²) in [6.45, 7) is 0. The Morgan fingerprint density at radius 2 is 2.08 bits per heavy atom. The van der Waals surface area contributed by atoms with Gasteiger partial charge in [0.25, 0.3) is 0 Å². The number of carbonyl (C=O) groups excluding carboxylic acids is 2. The average molecular weight is 189 g/mol. The van der Waals surface area contributed by atoms with Crippen molar-refractivity contribution in [3.63, 3.8) is 0 Å². The molecule has 1 rings (SSSR count). The first kappa shape index (κ1) is 9.95. The normalized spacial score (nSPS) is 33.8. The Labute approximate surface area is 75.2 Å². The highest BCUT2D eigenvalue weighted by atomic mass is 19.1. The number of ether oxygens (including phenoxy) is 1. The topological polar surface area (TPSA) is 69.4 Å². The third-order valence-electron chi connectivity index (χ3n) is 2.26. The molecule has 0 aromatic rings. The van der Waals surface area contributed by atoms with Gasteiger partial charge in [0.1, 0.15) is 6.10 Å². The van der Waals surface area contributed by atoms with E-state index >= 15 is 0 Å². The zero-order valence-electron chi connectivity index (χ0n) is 7.16. The first-order valence-corrected chi connectivity index (χ1v) is 4.17. The quantitative estimate of drug-likeness (QED) is 0.657. The standard InChI is InChI=1S/C8H12FNO3/c9-8(5-11)3-1-6(2-4-8)13-7(10)12/h5-6H,1-4H2,(H2,10,12). The molecule has 74 valence electrons. The van der Waals surface area contributed by atoms with Crippen LogP contribution in [0.25, 0.3) is 0 Å². The molecule has 5 heteroatoms. The van der Waals surface area contributed by atoms with E-state index in [2.05, 4.69) is 4.74 Å². The van der Waals surface area contributed by atoms with Crippen molar-refractivity contribution in [3.8, 4) is 0 Å². The molecule has 1 saturated carbocycles. The van der Waals surface area contributed by atoms with Crippen LogP contribution < -0.4 is 5.73 Å². The highest BCUT2D eigenvalue weighted by Crippen LogP contribution is 2.31. The third kappa shape index (κ3) is 2.68. The van der Waals surface area contributed by atoms with Crippen molar-refractivity contribution in [3.05, 3.63) is 0 Å². The van der Waals surface area contributed by atoms with Crippen molar-refractivity contribution in [2.45, 2.75) is 37.5 Å². The first-order chi connectivity index (χ1) is 6.06. The molecule has 1 aliphatic rings. The van der Waals surface area contributed by atoms with E-state index in [0.717, 1.165) is 0 Å². The van der Waals surface area contributed by atoms with Crippen molar-refractivity contribution in [2.24, 2.45) is 5.73 Å². The number of hydrogen-bond acceptors (Lipinski definition) is 3. The Balaban J connectivity index is 2.38. The second-order valence-corrected chi connectivity index (χ2v) is 3.29. The Morgan fingerprint density at radius 3 is 2.46 bits per heavy atom. The van der Waals surface area contributed by atoms with Gasteiger partial charge in [-0.25, -0.2) is 9.18 Å². The summed E-state index contributed by atoms with van der Waals surface area (Å²) >= 11 is 0. The monoisotopic (exact) mass is 189 g/mol. The van der Waals surface area contributed by atoms with Gasteiger partial charge in [-0.05, 0) is 25.7 Å². The minimum Gasteiger partial charge on any atom is -0.446 e. The van der Waals surface area contributed by atoms with Gasteiger partial charge in [-0.1, -0.05) is 0 Å². The maximum Gasteiger partial charge on any atom is 0.404 e. The molecular weight excluding hydrogens is 177 g/mol. The van der Waals surface area contributed by atoms with Crippen LogP contribution in [-0.2, 0) is 9.53 Å².